The van der Waals surface area contributed by atoms with Crippen molar-refractivity contribution in [1.82, 2.24) is 9.80 Å². The minimum absolute atomic E-state index is 0.0605. The van der Waals surface area contributed by atoms with Crippen LogP contribution in [0.4, 0.5) is 0 Å². The standard InChI is InChI=1S/C18H32N2O2/c1-3-16-10-8-9-13-19(16)18(22)14-20(15(2)21)17-11-6-4-5-7-12-17/h16-17H,3-14H2,1-2H3. The van der Waals surface area contributed by atoms with Crippen LogP contribution in [0.5, 0.6) is 0 Å². The average molecular weight is 308 g/mol. The van der Waals surface area contributed by atoms with Crippen molar-refractivity contribution in [3.05, 3.63) is 0 Å². The van der Waals surface area contributed by atoms with Crippen LogP contribution in [0.1, 0.15) is 78.1 Å². The Bertz CT molecular complexity index is 375. The third-order valence-electron chi connectivity index (χ3n) is 5.39. The zero-order valence-electron chi connectivity index (χ0n) is 14.4. The first-order valence-electron chi connectivity index (χ1n) is 9.20. The maximum absolute atomic E-state index is 12.7. The first kappa shape index (κ1) is 17.3. The van der Waals surface area contributed by atoms with Gasteiger partial charge in [0.1, 0.15) is 0 Å². The molecule has 0 N–H and O–H groups in total. The fourth-order valence-electron chi connectivity index (χ4n) is 4.06. The monoisotopic (exact) mass is 308 g/mol. The van der Waals surface area contributed by atoms with E-state index in [1.54, 1.807) is 6.92 Å². The Morgan fingerprint density at radius 3 is 2.23 bits per heavy atom. The maximum atomic E-state index is 12.7. The zero-order chi connectivity index (χ0) is 15.9. The average Bonchev–Trinajstić information content (AvgIpc) is 2.81. The van der Waals surface area contributed by atoms with Gasteiger partial charge in [-0.2, -0.15) is 0 Å². The maximum Gasteiger partial charge on any atom is 0.242 e. The van der Waals surface area contributed by atoms with E-state index in [1.165, 1.54) is 32.1 Å². The Kier molecular flexibility index (Phi) is 6.71. The van der Waals surface area contributed by atoms with Gasteiger partial charge in [-0.05, 0) is 38.5 Å². The number of amides is 2. The number of carbonyl (C=O) groups is 2. The van der Waals surface area contributed by atoms with Crippen LogP contribution in [0.3, 0.4) is 0 Å². The van der Waals surface area contributed by atoms with Gasteiger partial charge in [0, 0.05) is 25.6 Å². The first-order chi connectivity index (χ1) is 10.6. The van der Waals surface area contributed by atoms with E-state index in [1.807, 2.05) is 9.80 Å². The predicted molar refractivity (Wildman–Crippen MR) is 88.5 cm³/mol. The molecular weight excluding hydrogens is 276 g/mol. The lowest BCUT2D eigenvalue weighted by molar-refractivity contribution is -0.143. The highest BCUT2D eigenvalue weighted by Crippen LogP contribution is 2.24. The Labute approximate surface area is 135 Å². The number of carbonyl (C=O) groups excluding carboxylic acids is 2. The molecule has 126 valence electrons. The summed E-state index contributed by atoms with van der Waals surface area (Å²) < 4.78 is 0. The molecule has 2 fully saturated rings. The number of likely N-dealkylation sites (tertiary alicyclic amines) is 1. The van der Waals surface area contributed by atoms with Crippen molar-refractivity contribution < 1.29 is 9.59 Å². The Morgan fingerprint density at radius 2 is 1.64 bits per heavy atom. The Balaban J connectivity index is 1.99. The predicted octanol–water partition coefficient (Wildman–Crippen LogP) is 3.35. The van der Waals surface area contributed by atoms with E-state index in [9.17, 15) is 9.59 Å². The number of piperidine rings is 1. The van der Waals surface area contributed by atoms with Gasteiger partial charge in [-0.3, -0.25) is 9.59 Å². The smallest absolute Gasteiger partial charge is 0.242 e. The molecule has 0 aromatic heterocycles. The second-order valence-electron chi connectivity index (χ2n) is 6.94. The van der Waals surface area contributed by atoms with Crippen molar-refractivity contribution in [3.63, 3.8) is 0 Å². The van der Waals surface area contributed by atoms with Crippen LogP contribution in [0.15, 0.2) is 0 Å². The van der Waals surface area contributed by atoms with Crippen molar-refractivity contribution in [2.24, 2.45) is 0 Å². The topological polar surface area (TPSA) is 40.6 Å². The lowest BCUT2D eigenvalue weighted by Gasteiger charge is -2.38. The molecule has 2 amide bonds. The molecule has 1 aliphatic carbocycles. The summed E-state index contributed by atoms with van der Waals surface area (Å²) >= 11 is 0. The molecular formula is C18H32N2O2. The minimum atomic E-state index is 0.0605. The molecule has 1 saturated carbocycles. The van der Waals surface area contributed by atoms with Gasteiger partial charge in [-0.15, -0.1) is 0 Å². The van der Waals surface area contributed by atoms with Crippen molar-refractivity contribution in [2.45, 2.75) is 90.1 Å². The van der Waals surface area contributed by atoms with Gasteiger partial charge in [-0.1, -0.05) is 32.6 Å². The molecule has 1 unspecified atom stereocenters. The van der Waals surface area contributed by atoms with E-state index in [2.05, 4.69) is 6.92 Å². The third kappa shape index (κ3) is 4.47. The van der Waals surface area contributed by atoms with E-state index in [0.29, 0.717) is 6.04 Å². The number of rotatable bonds is 4. The van der Waals surface area contributed by atoms with E-state index < -0.39 is 0 Å². The number of nitrogens with zero attached hydrogens (tertiary/aromatic N) is 2. The molecule has 4 heteroatoms. The lowest BCUT2D eigenvalue weighted by Crippen LogP contribution is -2.50. The van der Waals surface area contributed by atoms with Gasteiger partial charge >= 0.3 is 0 Å². The molecule has 0 aromatic carbocycles. The Morgan fingerprint density at radius 1 is 1.00 bits per heavy atom. The molecule has 1 atom stereocenters. The van der Waals surface area contributed by atoms with E-state index in [4.69, 9.17) is 0 Å². The largest absolute Gasteiger partial charge is 0.338 e. The van der Waals surface area contributed by atoms with Crippen LogP contribution in [0.25, 0.3) is 0 Å². The van der Waals surface area contributed by atoms with Crippen LogP contribution in [0, 0.1) is 0 Å². The van der Waals surface area contributed by atoms with Gasteiger partial charge in [-0.25, -0.2) is 0 Å². The lowest BCUT2D eigenvalue weighted by atomic mass is 9.99. The van der Waals surface area contributed by atoms with E-state index in [0.717, 1.165) is 38.6 Å². The van der Waals surface area contributed by atoms with Crippen LogP contribution in [-0.4, -0.2) is 46.8 Å². The van der Waals surface area contributed by atoms with Crippen molar-refractivity contribution in [3.8, 4) is 0 Å². The first-order valence-corrected chi connectivity index (χ1v) is 9.20. The van der Waals surface area contributed by atoms with Crippen molar-refractivity contribution in [2.75, 3.05) is 13.1 Å². The van der Waals surface area contributed by atoms with Gasteiger partial charge in [0.05, 0.1) is 6.54 Å². The van der Waals surface area contributed by atoms with Crippen LogP contribution in [-0.2, 0) is 9.59 Å². The molecule has 2 rings (SSSR count). The van der Waals surface area contributed by atoms with Gasteiger partial charge in [0.2, 0.25) is 11.8 Å². The normalized spacial score (nSPS) is 23.9. The molecule has 1 aliphatic heterocycles. The molecule has 1 heterocycles. The summed E-state index contributed by atoms with van der Waals surface area (Å²) in [6.45, 7) is 4.93. The van der Waals surface area contributed by atoms with Crippen LogP contribution >= 0.6 is 0 Å². The second-order valence-corrected chi connectivity index (χ2v) is 6.94. The summed E-state index contributed by atoms with van der Waals surface area (Å²) in [5, 5.41) is 0. The van der Waals surface area contributed by atoms with E-state index in [-0.39, 0.29) is 24.4 Å². The van der Waals surface area contributed by atoms with E-state index >= 15 is 0 Å². The second kappa shape index (κ2) is 8.54. The molecule has 4 nitrogen and oxygen atoms in total. The summed E-state index contributed by atoms with van der Waals surface area (Å²) in [7, 11) is 0. The summed E-state index contributed by atoms with van der Waals surface area (Å²) in [6.07, 6.45) is 11.5. The molecule has 2 aliphatic rings. The fourth-order valence-corrected chi connectivity index (χ4v) is 4.06. The Hall–Kier alpha value is -1.06. The molecule has 22 heavy (non-hydrogen) atoms. The summed E-state index contributed by atoms with van der Waals surface area (Å²) in [5.74, 6) is 0.219. The molecule has 0 spiro atoms. The fraction of sp³-hybridized carbons (Fsp3) is 0.889. The molecule has 0 aromatic rings. The number of hydrogen-bond donors (Lipinski definition) is 0. The number of hydrogen-bond acceptors (Lipinski definition) is 2. The molecule has 0 radical (unpaired) electrons. The molecule has 0 bridgehead atoms. The van der Waals surface area contributed by atoms with Crippen LogP contribution < -0.4 is 0 Å². The van der Waals surface area contributed by atoms with Gasteiger partial charge in [0.25, 0.3) is 0 Å². The van der Waals surface area contributed by atoms with Crippen LogP contribution in [0.2, 0.25) is 0 Å². The van der Waals surface area contributed by atoms with Gasteiger partial charge in [0.15, 0.2) is 0 Å². The van der Waals surface area contributed by atoms with Crippen molar-refractivity contribution >= 4 is 11.8 Å². The minimum Gasteiger partial charge on any atom is -0.338 e. The summed E-state index contributed by atoms with van der Waals surface area (Å²) in [4.78, 5) is 28.7. The molecule has 1 saturated heterocycles. The third-order valence-corrected chi connectivity index (χ3v) is 5.39. The highest BCUT2D eigenvalue weighted by atomic mass is 16.2. The zero-order valence-corrected chi connectivity index (χ0v) is 14.4. The van der Waals surface area contributed by atoms with Gasteiger partial charge < -0.3 is 9.80 Å². The highest BCUT2D eigenvalue weighted by molar-refractivity contribution is 5.84. The van der Waals surface area contributed by atoms with Crippen molar-refractivity contribution in [1.29, 1.82) is 0 Å². The summed E-state index contributed by atoms with van der Waals surface area (Å²) in [6, 6.07) is 0.651. The summed E-state index contributed by atoms with van der Waals surface area (Å²) in [5.41, 5.74) is 0. The highest BCUT2D eigenvalue weighted by Gasteiger charge is 2.30. The SMILES string of the molecule is CCC1CCCCN1C(=O)CN(C(C)=O)C1CCCCCC1. The quantitative estimate of drug-likeness (QED) is 0.747.